The van der Waals surface area contributed by atoms with Crippen molar-refractivity contribution < 1.29 is 14.3 Å². The van der Waals surface area contributed by atoms with Crippen LogP contribution >= 0.6 is 0 Å². The first-order valence-electron chi connectivity index (χ1n) is 7.42. The first-order valence-corrected chi connectivity index (χ1v) is 7.42. The second-order valence-corrected chi connectivity index (χ2v) is 5.32. The molecule has 0 radical (unpaired) electrons. The number of methoxy groups -OCH3 is 1. The summed E-state index contributed by atoms with van der Waals surface area (Å²) < 4.78 is 10.2. The number of fused-ring (bicyclic) bond motifs is 1. The lowest BCUT2D eigenvalue weighted by molar-refractivity contribution is -0.123. The van der Waals surface area contributed by atoms with Gasteiger partial charge in [-0.2, -0.15) is 0 Å². The van der Waals surface area contributed by atoms with Gasteiger partial charge in [0.2, 0.25) is 5.91 Å². The molecule has 0 aromatic heterocycles. The van der Waals surface area contributed by atoms with Crippen LogP contribution in [0.1, 0.15) is 24.8 Å². The fraction of sp³-hybridized carbons (Fsp3) is 0.562. The number of para-hydroxylation sites is 1. The molecule has 0 spiro atoms. The van der Waals surface area contributed by atoms with E-state index in [1.54, 1.807) is 7.11 Å². The number of hydrogen-bond donors (Lipinski definition) is 2. The third-order valence-corrected chi connectivity index (χ3v) is 3.62. The zero-order valence-corrected chi connectivity index (χ0v) is 12.7. The SMILES string of the molecule is COCCOCCNC(=O)C1CC(C)Nc2ccccc21. The molecule has 2 unspecified atom stereocenters. The van der Waals surface area contributed by atoms with Gasteiger partial charge in [0.15, 0.2) is 0 Å². The van der Waals surface area contributed by atoms with Gasteiger partial charge in [-0.3, -0.25) is 4.79 Å². The molecule has 0 fully saturated rings. The molecule has 2 rings (SSSR count). The van der Waals surface area contributed by atoms with Crippen molar-refractivity contribution in [1.29, 1.82) is 0 Å². The van der Waals surface area contributed by atoms with Gasteiger partial charge in [0.1, 0.15) is 0 Å². The fourth-order valence-corrected chi connectivity index (χ4v) is 2.60. The van der Waals surface area contributed by atoms with Gasteiger partial charge in [-0.15, -0.1) is 0 Å². The van der Waals surface area contributed by atoms with Gasteiger partial charge in [0, 0.05) is 25.4 Å². The topological polar surface area (TPSA) is 59.6 Å². The summed E-state index contributed by atoms with van der Waals surface area (Å²) in [6.07, 6.45) is 0.813. The van der Waals surface area contributed by atoms with E-state index >= 15 is 0 Å². The van der Waals surface area contributed by atoms with E-state index in [4.69, 9.17) is 9.47 Å². The number of carbonyl (C=O) groups is 1. The second-order valence-electron chi connectivity index (χ2n) is 5.32. The smallest absolute Gasteiger partial charge is 0.227 e. The number of hydrogen-bond acceptors (Lipinski definition) is 4. The van der Waals surface area contributed by atoms with Crippen LogP contribution in [0.4, 0.5) is 5.69 Å². The highest BCUT2D eigenvalue weighted by Gasteiger charge is 2.29. The van der Waals surface area contributed by atoms with Crippen molar-refractivity contribution in [3.63, 3.8) is 0 Å². The first-order chi connectivity index (χ1) is 10.2. The van der Waals surface area contributed by atoms with Gasteiger partial charge in [-0.25, -0.2) is 0 Å². The van der Waals surface area contributed by atoms with Crippen molar-refractivity contribution in [2.75, 3.05) is 38.8 Å². The number of benzene rings is 1. The molecule has 1 aliphatic heterocycles. The summed E-state index contributed by atoms with van der Waals surface area (Å²) in [6, 6.07) is 8.31. The van der Waals surface area contributed by atoms with Crippen molar-refractivity contribution in [2.45, 2.75) is 25.3 Å². The molecule has 5 heteroatoms. The molecular weight excluding hydrogens is 268 g/mol. The molecule has 1 aromatic carbocycles. The molecule has 5 nitrogen and oxygen atoms in total. The quantitative estimate of drug-likeness (QED) is 0.752. The van der Waals surface area contributed by atoms with Crippen LogP contribution in [0.3, 0.4) is 0 Å². The minimum atomic E-state index is -0.0866. The van der Waals surface area contributed by atoms with E-state index < -0.39 is 0 Å². The van der Waals surface area contributed by atoms with Crippen molar-refractivity contribution in [3.8, 4) is 0 Å². The summed E-state index contributed by atoms with van der Waals surface area (Å²) in [5, 5.41) is 6.37. The van der Waals surface area contributed by atoms with Crippen LogP contribution in [0.5, 0.6) is 0 Å². The van der Waals surface area contributed by atoms with Gasteiger partial charge >= 0.3 is 0 Å². The Kier molecular flexibility index (Phi) is 6.02. The Hall–Kier alpha value is -1.59. The minimum absolute atomic E-state index is 0.0751. The lowest BCUT2D eigenvalue weighted by Gasteiger charge is -2.30. The van der Waals surface area contributed by atoms with Crippen LogP contribution in [0, 0.1) is 0 Å². The fourth-order valence-electron chi connectivity index (χ4n) is 2.60. The lowest BCUT2D eigenvalue weighted by atomic mass is 9.87. The lowest BCUT2D eigenvalue weighted by Crippen LogP contribution is -2.37. The minimum Gasteiger partial charge on any atom is -0.382 e. The van der Waals surface area contributed by atoms with Gasteiger partial charge in [0.25, 0.3) is 0 Å². The Labute approximate surface area is 126 Å². The van der Waals surface area contributed by atoms with E-state index in [1.807, 2.05) is 24.3 Å². The average Bonchev–Trinajstić information content (AvgIpc) is 2.49. The Balaban J connectivity index is 1.85. The van der Waals surface area contributed by atoms with Crippen LogP contribution in [-0.2, 0) is 14.3 Å². The van der Waals surface area contributed by atoms with Crippen LogP contribution in [0.2, 0.25) is 0 Å². The number of anilines is 1. The summed E-state index contributed by atoms with van der Waals surface area (Å²) in [5.74, 6) is -0.0115. The molecule has 1 aliphatic rings. The largest absolute Gasteiger partial charge is 0.382 e. The predicted molar refractivity (Wildman–Crippen MR) is 82.6 cm³/mol. The normalized spacial score (nSPS) is 20.5. The van der Waals surface area contributed by atoms with Crippen LogP contribution in [0.15, 0.2) is 24.3 Å². The summed E-state index contributed by atoms with van der Waals surface area (Å²) in [7, 11) is 1.64. The number of ether oxygens (including phenoxy) is 2. The highest BCUT2D eigenvalue weighted by atomic mass is 16.5. The first kappa shape index (κ1) is 15.8. The summed E-state index contributed by atoms with van der Waals surface area (Å²) >= 11 is 0. The zero-order chi connectivity index (χ0) is 15.1. The number of nitrogens with one attached hydrogen (secondary N) is 2. The molecule has 0 aliphatic carbocycles. The average molecular weight is 292 g/mol. The van der Waals surface area contributed by atoms with Crippen LogP contribution in [0.25, 0.3) is 0 Å². The second kappa shape index (κ2) is 8.00. The third kappa shape index (κ3) is 4.44. The van der Waals surface area contributed by atoms with Crippen LogP contribution in [-0.4, -0.2) is 45.4 Å². The maximum atomic E-state index is 12.4. The van der Waals surface area contributed by atoms with E-state index in [9.17, 15) is 4.79 Å². The molecule has 1 heterocycles. The molecule has 1 amide bonds. The van der Waals surface area contributed by atoms with E-state index in [-0.39, 0.29) is 11.8 Å². The highest BCUT2D eigenvalue weighted by Crippen LogP contribution is 2.33. The summed E-state index contributed by atoms with van der Waals surface area (Å²) in [4.78, 5) is 12.4. The Morgan fingerprint density at radius 3 is 2.95 bits per heavy atom. The standard InChI is InChI=1S/C16H24N2O3/c1-12-11-14(13-5-3-4-6-15(13)18-12)16(19)17-7-8-21-10-9-20-2/h3-6,12,14,18H,7-11H2,1-2H3,(H,17,19). The third-order valence-electron chi connectivity index (χ3n) is 3.62. The molecule has 21 heavy (non-hydrogen) atoms. The monoisotopic (exact) mass is 292 g/mol. The highest BCUT2D eigenvalue weighted by molar-refractivity contribution is 5.86. The molecule has 0 saturated heterocycles. The van der Waals surface area contributed by atoms with E-state index in [2.05, 4.69) is 17.6 Å². The Morgan fingerprint density at radius 1 is 1.33 bits per heavy atom. The van der Waals surface area contributed by atoms with Crippen molar-refractivity contribution in [1.82, 2.24) is 5.32 Å². The Bertz CT molecular complexity index is 465. The molecule has 0 saturated carbocycles. The summed E-state index contributed by atoms with van der Waals surface area (Å²) in [6.45, 7) is 4.27. The number of amides is 1. The van der Waals surface area contributed by atoms with E-state index in [0.717, 1.165) is 17.7 Å². The van der Waals surface area contributed by atoms with E-state index in [0.29, 0.717) is 32.4 Å². The molecule has 0 bridgehead atoms. The number of rotatable bonds is 7. The van der Waals surface area contributed by atoms with Crippen molar-refractivity contribution in [3.05, 3.63) is 29.8 Å². The van der Waals surface area contributed by atoms with Crippen molar-refractivity contribution in [2.24, 2.45) is 0 Å². The van der Waals surface area contributed by atoms with Crippen LogP contribution < -0.4 is 10.6 Å². The molecule has 1 aromatic rings. The molecule has 2 N–H and O–H groups in total. The van der Waals surface area contributed by atoms with Gasteiger partial charge in [-0.05, 0) is 25.0 Å². The van der Waals surface area contributed by atoms with Gasteiger partial charge in [0.05, 0.1) is 25.7 Å². The van der Waals surface area contributed by atoms with Gasteiger partial charge in [-0.1, -0.05) is 18.2 Å². The Morgan fingerprint density at radius 2 is 2.14 bits per heavy atom. The van der Waals surface area contributed by atoms with Crippen molar-refractivity contribution >= 4 is 11.6 Å². The van der Waals surface area contributed by atoms with Gasteiger partial charge < -0.3 is 20.1 Å². The molecule has 116 valence electrons. The van der Waals surface area contributed by atoms with E-state index in [1.165, 1.54) is 0 Å². The molecular formula is C16H24N2O3. The summed E-state index contributed by atoms with van der Waals surface area (Å²) in [5.41, 5.74) is 2.14. The maximum Gasteiger partial charge on any atom is 0.227 e. The maximum absolute atomic E-state index is 12.4. The molecule has 2 atom stereocenters. The number of carbonyl (C=O) groups excluding carboxylic acids is 1. The predicted octanol–water partition coefficient (Wildman–Crippen LogP) is 1.75. The zero-order valence-electron chi connectivity index (χ0n) is 12.7.